The second-order valence-electron chi connectivity index (χ2n) is 7.65. The van der Waals surface area contributed by atoms with E-state index in [1.54, 1.807) is 18.2 Å². The van der Waals surface area contributed by atoms with Crippen LogP contribution >= 0.6 is 0 Å². The van der Waals surface area contributed by atoms with Gasteiger partial charge in [0.05, 0.1) is 17.6 Å². The normalized spacial score (nSPS) is 19.0. The van der Waals surface area contributed by atoms with Gasteiger partial charge < -0.3 is 15.0 Å². The third-order valence-electron chi connectivity index (χ3n) is 5.01. The predicted molar refractivity (Wildman–Crippen MR) is 99.6 cm³/mol. The molecule has 1 aliphatic heterocycles. The van der Waals surface area contributed by atoms with Crippen molar-refractivity contribution in [1.82, 2.24) is 0 Å². The highest BCUT2D eigenvalue weighted by molar-refractivity contribution is 6.55. The SMILES string of the molecule is CC1(C)OB(C(=Cc2ccc(C(=O)CC(=O)C(F)(F)F)cc2)CN)OC1(C)C. The first-order valence-electron chi connectivity index (χ1n) is 8.76. The molecule has 0 unspecified atom stereocenters. The molecule has 9 heteroatoms. The van der Waals surface area contributed by atoms with Gasteiger partial charge in [0, 0.05) is 12.1 Å². The molecule has 1 aliphatic rings. The van der Waals surface area contributed by atoms with Crippen molar-refractivity contribution in [3.63, 3.8) is 0 Å². The Balaban J connectivity index is 2.14. The van der Waals surface area contributed by atoms with E-state index in [4.69, 9.17) is 15.0 Å². The molecule has 152 valence electrons. The fraction of sp³-hybridized carbons (Fsp3) is 0.474. The molecule has 28 heavy (non-hydrogen) atoms. The molecule has 0 aliphatic carbocycles. The molecule has 2 rings (SSSR count). The van der Waals surface area contributed by atoms with E-state index in [1.807, 2.05) is 27.7 Å². The summed E-state index contributed by atoms with van der Waals surface area (Å²) in [5.41, 5.74) is 6.17. The van der Waals surface area contributed by atoms with Crippen LogP contribution in [0.15, 0.2) is 29.7 Å². The number of carbonyl (C=O) groups is 2. The summed E-state index contributed by atoms with van der Waals surface area (Å²) < 4.78 is 48.8. The zero-order chi connectivity index (χ0) is 21.3. The van der Waals surface area contributed by atoms with Gasteiger partial charge in [0.2, 0.25) is 5.78 Å². The molecule has 1 aromatic rings. The average Bonchev–Trinajstić information content (AvgIpc) is 2.79. The number of halogens is 3. The fourth-order valence-electron chi connectivity index (χ4n) is 2.55. The highest BCUT2D eigenvalue weighted by Crippen LogP contribution is 2.38. The van der Waals surface area contributed by atoms with Crippen LogP contribution < -0.4 is 5.73 Å². The van der Waals surface area contributed by atoms with Gasteiger partial charge in [0.15, 0.2) is 5.78 Å². The van der Waals surface area contributed by atoms with E-state index in [2.05, 4.69) is 0 Å². The number of ketones is 2. The number of benzene rings is 1. The minimum Gasteiger partial charge on any atom is -0.400 e. The number of Topliss-reactive ketones (excluding diaryl/α,β-unsaturated/α-hetero) is 2. The first-order valence-corrected chi connectivity index (χ1v) is 8.76. The Hall–Kier alpha value is -1.97. The molecule has 1 fully saturated rings. The molecule has 1 heterocycles. The van der Waals surface area contributed by atoms with Gasteiger partial charge in [-0.15, -0.1) is 0 Å². The number of alkyl halides is 3. The van der Waals surface area contributed by atoms with Gasteiger partial charge in [-0.25, -0.2) is 0 Å². The van der Waals surface area contributed by atoms with Gasteiger partial charge in [0.25, 0.3) is 0 Å². The molecule has 2 N–H and O–H groups in total. The molecule has 0 radical (unpaired) electrons. The minimum atomic E-state index is -5.02. The van der Waals surface area contributed by atoms with E-state index in [-0.39, 0.29) is 12.1 Å². The quantitative estimate of drug-likeness (QED) is 0.453. The molecule has 0 aromatic heterocycles. The lowest BCUT2D eigenvalue weighted by molar-refractivity contribution is -0.170. The summed E-state index contributed by atoms with van der Waals surface area (Å²) >= 11 is 0. The fourth-order valence-corrected chi connectivity index (χ4v) is 2.55. The van der Waals surface area contributed by atoms with Crippen LogP contribution in [0.25, 0.3) is 6.08 Å². The van der Waals surface area contributed by atoms with E-state index < -0.39 is 42.5 Å². The standard InChI is InChI=1S/C19H23BF3NO4/c1-17(2)18(3,4)28-20(27-17)14(11-24)9-12-5-7-13(8-6-12)15(25)10-16(26)19(21,22)23/h5-9H,10-11,24H2,1-4H3. The number of hydrogen-bond acceptors (Lipinski definition) is 5. The van der Waals surface area contributed by atoms with Gasteiger partial charge in [0.1, 0.15) is 0 Å². The highest BCUT2D eigenvalue weighted by atomic mass is 19.4. The molecule has 0 saturated carbocycles. The maximum Gasteiger partial charge on any atom is 0.491 e. The summed E-state index contributed by atoms with van der Waals surface area (Å²) in [7, 11) is -0.624. The Morgan fingerprint density at radius 3 is 2.00 bits per heavy atom. The largest absolute Gasteiger partial charge is 0.491 e. The van der Waals surface area contributed by atoms with Crippen molar-refractivity contribution >= 4 is 24.8 Å². The molecule has 0 amide bonds. The van der Waals surface area contributed by atoms with Crippen LogP contribution in [0.2, 0.25) is 0 Å². The van der Waals surface area contributed by atoms with Crippen molar-refractivity contribution in [2.45, 2.75) is 51.5 Å². The highest BCUT2D eigenvalue weighted by Gasteiger charge is 2.52. The van der Waals surface area contributed by atoms with E-state index in [1.165, 1.54) is 12.1 Å². The maximum absolute atomic E-state index is 12.3. The lowest BCUT2D eigenvalue weighted by atomic mass is 9.77. The molecule has 1 aromatic carbocycles. The average molecular weight is 397 g/mol. The van der Waals surface area contributed by atoms with Crippen LogP contribution in [0, 0.1) is 0 Å². The summed E-state index contributed by atoms with van der Waals surface area (Å²) in [6.45, 7) is 7.86. The Kier molecular flexibility index (Phi) is 6.23. The van der Waals surface area contributed by atoms with Crippen molar-refractivity contribution in [2.24, 2.45) is 5.73 Å². The van der Waals surface area contributed by atoms with E-state index in [9.17, 15) is 22.8 Å². The summed E-state index contributed by atoms with van der Waals surface area (Å²) in [5, 5.41) is 0. The maximum atomic E-state index is 12.3. The van der Waals surface area contributed by atoms with Crippen LogP contribution in [-0.2, 0) is 14.1 Å². The van der Waals surface area contributed by atoms with Crippen LogP contribution in [-0.4, -0.2) is 42.6 Å². The number of carbonyl (C=O) groups excluding carboxylic acids is 2. The van der Waals surface area contributed by atoms with E-state index in [0.717, 1.165) is 0 Å². The van der Waals surface area contributed by atoms with Gasteiger partial charge in [-0.1, -0.05) is 30.3 Å². The molecule has 1 saturated heterocycles. The van der Waals surface area contributed by atoms with Gasteiger partial charge >= 0.3 is 13.3 Å². The van der Waals surface area contributed by atoms with Gasteiger partial charge in [-0.05, 0) is 38.7 Å². The first kappa shape index (κ1) is 22.3. The summed E-state index contributed by atoms with van der Waals surface area (Å²) in [5.74, 6) is -2.95. The van der Waals surface area contributed by atoms with Crippen LogP contribution in [0.3, 0.4) is 0 Å². The monoisotopic (exact) mass is 397 g/mol. The third-order valence-corrected chi connectivity index (χ3v) is 5.01. The Labute approximate surface area is 162 Å². The summed E-state index contributed by atoms with van der Waals surface area (Å²) in [4.78, 5) is 22.8. The molecule has 0 spiro atoms. The topological polar surface area (TPSA) is 78.6 Å². The van der Waals surface area contributed by atoms with Crippen molar-refractivity contribution in [1.29, 1.82) is 0 Å². The molecule has 5 nitrogen and oxygen atoms in total. The Morgan fingerprint density at radius 2 is 1.57 bits per heavy atom. The first-order chi connectivity index (χ1) is 12.8. The van der Waals surface area contributed by atoms with Crippen molar-refractivity contribution < 1.29 is 32.1 Å². The summed E-state index contributed by atoms with van der Waals surface area (Å²) in [6, 6.07) is 5.87. The minimum absolute atomic E-state index is 0.0275. The molecule has 0 atom stereocenters. The molecular weight excluding hydrogens is 374 g/mol. The second-order valence-corrected chi connectivity index (χ2v) is 7.65. The van der Waals surface area contributed by atoms with Gasteiger partial charge in [-0.2, -0.15) is 13.2 Å². The van der Waals surface area contributed by atoms with E-state index >= 15 is 0 Å². The Morgan fingerprint density at radius 1 is 1.07 bits per heavy atom. The second kappa shape index (κ2) is 7.81. The third kappa shape index (κ3) is 4.90. The number of hydrogen-bond donors (Lipinski definition) is 1. The Bertz CT molecular complexity index is 769. The van der Waals surface area contributed by atoms with Crippen LogP contribution in [0.4, 0.5) is 13.2 Å². The molecular formula is C19H23BF3NO4. The lowest BCUT2D eigenvalue weighted by Gasteiger charge is -2.32. The summed E-state index contributed by atoms with van der Waals surface area (Å²) in [6.07, 6.45) is -4.48. The van der Waals surface area contributed by atoms with Gasteiger partial charge in [-0.3, -0.25) is 9.59 Å². The van der Waals surface area contributed by atoms with Crippen LogP contribution in [0.1, 0.15) is 50.0 Å². The van der Waals surface area contributed by atoms with Crippen molar-refractivity contribution in [3.8, 4) is 0 Å². The molecule has 0 bridgehead atoms. The zero-order valence-electron chi connectivity index (χ0n) is 16.2. The van der Waals surface area contributed by atoms with Crippen molar-refractivity contribution in [3.05, 3.63) is 40.9 Å². The number of rotatable bonds is 6. The van der Waals surface area contributed by atoms with E-state index in [0.29, 0.717) is 11.0 Å². The smallest absolute Gasteiger partial charge is 0.400 e. The zero-order valence-corrected chi connectivity index (χ0v) is 16.2. The predicted octanol–water partition coefficient (Wildman–Crippen LogP) is 3.36. The van der Waals surface area contributed by atoms with Crippen LogP contribution in [0.5, 0.6) is 0 Å². The number of nitrogens with two attached hydrogens (primary N) is 1. The lowest BCUT2D eigenvalue weighted by Crippen LogP contribution is -2.41. The van der Waals surface area contributed by atoms with Crippen molar-refractivity contribution in [2.75, 3.05) is 6.54 Å².